The fraction of sp³-hybridized carbons (Fsp3) is 1.00. The van der Waals surface area contributed by atoms with Gasteiger partial charge in [0.2, 0.25) is 0 Å². The summed E-state index contributed by atoms with van der Waals surface area (Å²) in [5, 5.41) is 0.556. The minimum absolute atomic E-state index is 0.503. The Morgan fingerprint density at radius 1 is 1.17 bits per heavy atom. The van der Waals surface area contributed by atoms with E-state index in [9.17, 15) is 0 Å². The van der Waals surface area contributed by atoms with Crippen LogP contribution < -0.4 is 0 Å². The van der Waals surface area contributed by atoms with Crippen molar-refractivity contribution in [3.63, 3.8) is 0 Å². The molecule has 74 valence electrons. The van der Waals surface area contributed by atoms with Gasteiger partial charge >= 0.3 is 0 Å². The van der Waals surface area contributed by atoms with Gasteiger partial charge in [-0.1, -0.05) is 41.0 Å². The normalized spacial score (nSPS) is 17.5. The first-order valence-corrected chi connectivity index (χ1v) is 5.60. The molecule has 0 aliphatic rings. The Kier molecular flexibility index (Phi) is 5.31. The lowest BCUT2D eigenvalue weighted by atomic mass is 9.75. The van der Waals surface area contributed by atoms with E-state index in [2.05, 4.69) is 47.2 Å². The molecule has 1 heteroatoms. The average Bonchev–Trinajstić information content (AvgIpc) is 2.00. The molecule has 0 nitrogen and oxygen atoms in total. The van der Waals surface area contributed by atoms with Crippen LogP contribution in [0.4, 0.5) is 0 Å². The Morgan fingerprint density at radius 2 is 1.67 bits per heavy atom. The summed E-state index contributed by atoms with van der Waals surface area (Å²) in [7, 11) is 0. The maximum atomic E-state index is 4.40. The van der Waals surface area contributed by atoms with E-state index in [4.69, 9.17) is 0 Å². The molecule has 0 aromatic carbocycles. The van der Waals surface area contributed by atoms with E-state index >= 15 is 0 Å². The van der Waals surface area contributed by atoms with Crippen molar-refractivity contribution in [3.8, 4) is 0 Å². The number of thiol groups is 1. The standard InChI is InChI=1S/C11H24S/c1-6-11(4,5)9(2)7-8-10(3)12/h9-10,12H,6-8H2,1-5H3. The van der Waals surface area contributed by atoms with E-state index in [0.717, 1.165) is 5.92 Å². The summed E-state index contributed by atoms with van der Waals surface area (Å²) < 4.78 is 0. The van der Waals surface area contributed by atoms with E-state index in [0.29, 0.717) is 10.7 Å². The molecule has 0 heterocycles. The molecule has 0 amide bonds. The van der Waals surface area contributed by atoms with Gasteiger partial charge in [-0.15, -0.1) is 0 Å². The van der Waals surface area contributed by atoms with Gasteiger partial charge in [0.05, 0.1) is 0 Å². The molecule has 0 saturated carbocycles. The zero-order valence-electron chi connectivity index (χ0n) is 9.22. The van der Waals surface area contributed by atoms with Crippen LogP contribution in [0.15, 0.2) is 0 Å². The van der Waals surface area contributed by atoms with Gasteiger partial charge in [0, 0.05) is 0 Å². The Bertz CT molecular complexity index is 116. The predicted molar refractivity (Wildman–Crippen MR) is 60.9 cm³/mol. The molecule has 0 aliphatic heterocycles. The molecular weight excluding hydrogens is 164 g/mol. The Hall–Kier alpha value is 0.350. The first-order valence-electron chi connectivity index (χ1n) is 5.08. The maximum absolute atomic E-state index is 4.40. The Morgan fingerprint density at radius 3 is 2.00 bits per heavy atom. The van der Waals surface area contributed by atoms with Crippen LogP contribution in [0.5, 0.6) is 0 Å². The second kappa shape index (κ2) is 5.16. The summed E-state index contributed by atoms with van der Waals surface area (Å²) >= 11 is 4.40. The molecular formula is C11H24S. The second-order valence-corrected chi connectivity index (χ2v) is 5.55. The first kappa shape index (κ1) is 12.3. The van der Waals surface area contributed by atoms with Crippen molar-refractivity contribution in [1.29, 1.82) is 0 Å². The largest absolute Gasteiger partial charge is 0.176 e. The third kappa shape index (κ3) is 4.39. The fourth-order valence-electron chi connectivity index (χ4n) is 1.23. The quantitative estimate of drug-likeness (QED) is 0.615. The summed E-state index contributed by atoms with van der Waals surface area (Å²) in [5.74, 6) is 0.817. The maximum Gasteiger partial charge on any atom is -0.00115 e. The van der Waals surface area contributed by atoms with Crippen LogP contribution in [0, 0.1) is 11.3 Å². The predicted octanol–water partition coefficient (Wildman–Crippen LogP) is 4.16. The van der Waals surface area contributed by atoms with Crippen LogP contribution >= 0.6 is 12.6 Å². The van der Waals surface area contributed by atoms with Crippen molar-refractivity contribution >= 4 is 12.6 Å². The van der Waals surface area contributed by atoms with Gasteiger partial charge in [-0.05, 0) is 29.4 Å². The molecule has 0 aromatic rings. The van der Waals surface area contributed by atoms with Crippen molar-refractivity contribution in [2.24, 2.45) is 11.3 Å². The van der Waals surface area contributed by atoms with E-state index in [-0.39, 0.29) is 0 Å². The van der Waals surface area contributed by atoms with Gasteiger partial charge in [-0.25, -0.2) is 0 Å². The van der Waals surface area contributed by atoms with Crippen LogP contribution in [0.1, 0.15) is 53.9 Å². The molecule has 0 radical (unpaired) electrons. The molecule has 2 unspecified atom stereocenters. The lowest BCUT2D eigenvalue weighted by Gasteiger charge is -2.31. The zero-order valence-corrected chi connectivity index (χ0v) is 10.1. The summed E-state index contributed by atoms with van der Waals surface area (Å²) in [4.78, 5) is 0. The molecule has 0 N–H and O–H groups in total. The minimum Gasteiger partial charge on any atom is -0.176 e. The summed E-state index contributed by atoms with van der Waals surface area (Å²) in [6.07, 6.45) is 3.83. The zero-order chi connectivity index (χ0) is 9.78. The Labute approximate surface area is 83.5 Å². The smallest absolute Gasteiger partial charge is 0.00115 e. The molecule has 0 bridgehead atoms. The molecule has 12 heavy (non-hydrogen) atoms. The molecule has 0 aromatic heterocycles. The van der Waals surface area contributed by atoms with E-state index in [1.54, 1.807) is 0 Å². The molecule has 0 rings (SSSR count). The monoisotopic (exact) mass is 188 g/mol. The highest BCUT2D eigenvalue weighted by atomic mass is 32.1. The van der Waals surface area contributed by atoms with Gasteiger partial charge in [0.1, 0.15) is 0 Å². The van der Waals surface area contributed by atoms with Crippen LogP contribution in [0.25, 0.3) is 0 Å². The number of hydrogen-bond donors (Lipinski definition) is 1. The molecule has 0 aliphatic carbocycles. The lowest BCUT2D eigenvalue weighted by molar-refractivity contribution is 0.206. The topological polar surface area (TPSA) is 0 Å². The summed E-state index contributed by atoms with van der Waals surface area (Å²) in [6.45, 7) is 11.5. The lowest BCUT2D eigenvalue weighted by Crippen LogP contribution is -2.21. The second-order valence-electron chi connectivity index (χ2n) is 4.67. The average molecular weight is 188 g/mol. The molecule has 2 atom stereocenters. The van der Waals surface area contributed by atoms with Gasteiger partial charge in [0.15, 0.2) is 0 Å². The van der Waals surface area contributed by atoms with E-state index < -0.39 is 0 Å². The van der Waals surface area contributed by atoms with E-state index in [1.807, 2.05) is 0 Å². The van der Waals surface area contributed by atoms with Gasteiger partial charge in [-0.2, -0.15) is 12.6 Å². The third-order valence-electron chi connectivity index (χ3n) is 3.26. The number of rotatable bonds is 5. The van der Waals surface area contributed by atoms with Crippen molar-refractivity contribution in [1.82, 2.24) is 0 Å². The van der Waals surface area contributed by atoms with Gasteiger partial charge < -0.3 is 0 Å². The third-order valence-corrected chi connectivity index (χ3v) is 3.52. The fourth-order valence-corrected chi connectivity index (χ4v) is 1.38. The van der Waals surface area contributed by atoms with Gasteiger partial charge in [-0.3, -0.25) is 0 Å². The van der Waals surface area contributed by atoms with Crippen molar-refractivity contribution in [2.45, 2.75) is 59.1 Å². The minimum atomic E-state index is 0.503. The SMILES string of the molecule is CCC(C)(C)C(C)CCC(C)S. The van der Waals surface area contributed by atoms with Crippen molar-refractivity contribution < 1.29 is 0 Å². The van der Waals surface area contributed by atoms with E-state index in [1.165, 1.54) is 19.3 Å². The van der Waals surface area contributed by atoms with Crippen LogP contribution in [-0.2, 0) is 0 Å². The summed E-state index contributed by atoms with van der Waals surface area (Å²) in [5.41, 5.74) is 0.503. The van der Waals surface area contributed by atoms with Crippen molar-refractivity contribution in [2.75, 3.05) is 0 Å². The van der Waals surface area contributed by atoms with Crippen LogP contribution in [0.2, 0.25) is 0 Å². The van der Waals surface area contributed by atoms with Gasteiger partial charge in [0.25, 0.3) is 0 Å². The number of hydrogen-bond acceptors (Lipinski definition) is 1. The Balaban J connectivity index is 3.78. The highest BCUT2D eigenvalue weighted by Gasteiger charge is 2.23. The van der Waals surface area contributed by atoms with Crippen molar-refractivity contribution in [3.05, 3.63) is 0 Å². The van der Waals surface area contributed by atoms with Crippen LogP contribution in [0.3, 0.4) is 0 Å². The highest BCUT2D eigenvalue weighted by Crippen LogP contribution is 2.33. The molecule has 0 fully saturated rings. The highest BCUT2D eigenvalue weighted by molar-refractivity contribution is 7.80. The van der Waals surface area contributed by atoms with Crippen LogP contribution in [-0.4, -0.2) is 5.25 Å². The first-order chi connectivity index (χ1) is 5.40. The summed E-state index contributed by atoms with van der Waals surface area (Å²) in [6, 6.07) is 0. The molecule has 0 spiro atoms. The molecule has 0 saturated heterocycles.